The van der Waals surface area contributed by atoms with Gasteiger partial charge in [-0.3, -0.25) is 4.90 Å². The van der Waals surface area contributed by atoms with Crippen LogP contribution in [0.25, 0.3) is 11.0 Å². The van der Waals surface area contributed by atoms with Gasteiger partial charge in [0.05, 0.1) is 43.8 Å². The molecular formula is C13H18N6O4S2. The number of aliphatic hydroxyl groups is 2. The summed E-state index contributed by atoms with van der Waals surface area (Å²) in [5.41, 5.74) is -0.0240. The molecule has 12 heteroatoms. The number of fused-ring (bicyclic) bond motifs is 1. The smallest absolute Gasteiger partial charge is 0.266 e. The van der Waals surface area contributed by atoms with Crippen molar-refractivity contribution < 1.29 is 18.6 Å². The molecule has 0 fully saturated rings. The van der Waals surface area contributed by atoms with Gasteiger partial charge < -0.3 is 15.5 Å². The number of benzene rings is 1. The van der Waals surface area contributed by atoms with E-state index in [1.165, 1.54) is 6.07 Å². The van der Waals surface area contributed by atoms with Crippen LogP contribution in [0.4, 0.5) is 0 Å². The summed E-state index contributed by atoms with van der Waals surface area (Å²) >= 11 is 0.945. The summed E-state index contributed by atoms with van der Waals surface area (Å²) in [5, 5.41) is 21.7. The summed E-state index contributed by atoms with van der Waals surface area (Å²) in [7, 11) is -3.88. The molecule has 0 unspecified atom stereocenters. The number of nitrogens with zero attached hydrogens (tertiary/aromatic N) is 4. The summed E-state index contributed by atoms with van der Waals surface area (Å²) in [5.74, 6) is 0.0923. The number of nitrogens with one attached hydrogen (secondary N) is 2. The van der Waals surface area contributed by atoms with Crippen molar-refractivity contribution >= 4 is 38.7 Å². The van der Waals surface area contributed by atoms with Crippen LogP contribution in [0.2, 0.25) is 0 Å². The van der Waals surface area contributed by atoms with Crippen LogP contribution in [-0.2, 0) is 10.0 Å². The Balaban J connectivity index is 1.79. The third kappa shape index (κ3) is 3.43. The Labute approximate surface area is 148 Å². The molecule has 1 aromatic carbocycles. The Kier molecular flexibility index (Phi) is 4.88. The third-order valence-corrected chi connectivity index (χ3v) is 5.96. The molecule has 25 heavy (non-hydrogen) atoms. The SMILES string of the molecule is CC(CO)(CO)N1CN=C(NS(=O)(=O)c2cccc3nsnc23)NC1. The highest BCUT2D eigenvalue weighted by Gasteiger charge is 2.33. The molecule has 2 heterocycles. The maximum atomic E-state index is 12.6. The fourth-order valence-electron chi connectivity index (χ4n) is 2.29. The average Bonchev–Trinajstić information content (AvgIpc) is 3.10. The molecule has 2 aromatic rings. The highest BCUT2D eigenvalue weighted by atomic mass is 32.2. The molecule has 1 aliphatic rings. The summed E-state index contributed by atoms with van der Waals surface area (Å²) in [6, 6.07) is 4.75. The molecular weight excluding hydrogens is 368 g/mol. The van der Waals surface area contributed by atoms with E-state index in [0.29, 0.717) is 11.0 Å². The molecule has 10 nitrogen and oxygen atoms in total. The predicted molar refractivity (Wildman–Crippen MR) is 92.5 cm³/mol. The molecule has 0 saturated carbocycles. The number of hydrogen-bond acceptors (Lipinski definition) is 10. The van der Waals surface area contributed by atoms with E-state index >= 15 is 0 Å². The van der Waals surface area contributed by atoms with E-state index in [1.807, 2.05) is 0 Å². The minimum Gasteiger partial charge on any atom is -0.394 e. The first-order chi connectivity index (χ1) is 11.9. The van der Waals surface area contributed by atoms with E-state index in [-0.39, 0.29) is 37.4 Å². The lowest BCUT2D eigenvalue weighted by atomic mass is 10.0. The highest BCUT2D eigenvalue weighted by molar-refractivity contribution is 7.90. The van der Waals surface area contributed by atoms with Gasteiger partial charge in [-0.05, 0) is 19.1 Å². The molecule has 0 radical (unpaired) electrons. The van der Waals surface area contributed by atoms with E-state index in [1.54, 1.807) is 24.0 Å². The Morgan fingerprint density at radius 3 is 2.76 bits per heavy atom. The Hall–Kier alpha value is -1.86. The zero-order valence-electron chi connectivity index (χ0n) is 13.4. The van der Waals surface area contributed by atoms with Gasteiger partial charge in [-0.15, -0.1) is 0 Å². The quantitative estimate of drug-likeness (QED) is 0.507. The van der Waals surface area contributed by atoms with E-state index in [2.05, 4.69) is 23.8 Å². The molecule has 4 N–H and O–H groups in total. The van der Waals surface area contributed by atoms with Crippen molar-refractivity contribution in [1.82, 2.24) is 23.7 Å². The van der Waals surface area contributed by atoms with Crippen LogP contribution < -0.4 is 10.0 Å². The largest absolute Gasteiger partial charge is 0.394 e. The van der Waals surface area contributed by atoms with Crippen LogP contribution in [-0.4, -0.2) is 70.3 Å². The first-order valence-corrected chi connectivity index (χ1v) is 9.60. The van der Waals surface area contributed by atoms with Crippen molar-refractivity contribution in [1.29, 1.82) is 0 Å². The number of hydrogen-bond donors (Lipinski definition) is 4. The van der Waals surface area contributed by atoms with Gasteiger partial charge in [0.25, 0.3) is 10.0 Å². The van der Waals surface area contributed by atoms with E-state index in [0.717, 1.165) is 11.7 Å². The minimum atomic E-state index is -3.88. The van der Waals surface area contributed by atoms with Crippen molar-refractivity contribution in [2.75, 3.05) is 26.6 Å². The summed E-state index contributed by atoms with van der Waals surface area (Å²) in [4.78, 5) is 5.87. The number of aliphatic imine (C=N–C) groups is 1. The molecule has 0 bridgehead atoms. The van der Waals surface area contributed by atoms with Crippen LogP contribution in [0.15, 0.2) is 28.1 Å². The monoisotopic (exact) mass is 386 g/mol. The molecule has 136 valence electrons. The van der Waals surface area contributed by atoms with Gasteiger partial charge in [0.15, 0.2) is 0 Å². The van der Waals surface area contributed by atoms with Crippen molar-refractivity contribution in [3.05, 3.63) is 18.2 Å². The lowest BCUT2D eigenvalue weighted by molar-refractivity contribution is -0.00377. The molecule has 3 rings (SSSR count). The fourth-order valence-corrected chi connectivity index (χ4v) is 4.06. The number of guanidine groups is 1. The second kappa shape index (κ2) is 6.80. The maximum absolute atomic E-state index is 12.6. The Morgan fingerprint density at radius 2 is 2.12 bits per heavy atom. The van der Waals surface area contributed by atoms with Crippen LogP contribution in [0.1, 0.15) is 6.92 Å². The van der Waals surface area contributed by atoms with E-state index in [9.17, 15) is 18.6 Å². The molecule has 0 atom stereocenters. The summed E-state index contributed by atoms with van der Waals surface area (Å²) in [6.45, 7) is 1.54. The molecule has 0 saturated heterocycles. The second-order valence-corrected chi connectivity index (χ2v) is 8.01. The maximum Gasteiger partial charge on any atom is 0.266 e. The zero-order chi connectivity index (χ0) is 18.1. The van der Waals surface area contributed by atoms with Crippen LogP contribution in [0.3, 0.4) is 0 Å². The van der Waals surface area contributed by atoms with Crippen molar-refractivity contribution in [3.63, 3.8) is 0 Å². The Morgan fingerprint density at radius 1 is 1.36 bits per heavy atom. The molecule has 1 aromatic heterocycles. The number of rotatable bonds is 5. The second-order valence-electron chi connectivity index (χ2n) is 5.83. The van der Waals surface area contributed by atoms with Gasteiger partial charge in [-0.25, -0.2) is 18.1 Å². The molecule has 0 aliphatic carbocycles. The lowest BCUT2D eigenvalue weighted by Gasteiger charge is -2.39. The Bertz CT molecular complexity index is 893. The minimum absolute atomic E-state index is 0.0289. The normalized spacial score (nSPS) is 16.5. The van der Waals surface area contributed by atoms with Gasteiger partial charge in [0.2, 0.25) is 5.96 Å². The number of sulfonamides is 1. The lowest BCUT2D eigenvalue weighted by Crippen LogP contribution is -2.60. The van der Waals surface area contributed by atoms with Crippen LogP contribution in [0, 0.1) is 0 Å². The summed E-state index contributed by atoms with van der Waals surface area (Å²) in [6.07, 6.45) is 0. The highest BCUT2D eigenvalue weighted by Crippen LogP contribution is 2.21. The van der Waals surface area contributed by atoms with Crippen LogP contribution >= 0.6 is 11.7 Å². The third-order valence-electron chi connectivity index (χ3n) is 4.05. The van der Waals surface area contributed by atoms with E-state index in [4.69, 9.17) is 0 Å². The van der Waals surface area contributed by atoms with Gasteiger partial charge in [-0.2, -0.15) is 8.75 Å². The van der Waals surface area contributed by atoms with Crippen molar-refractivity contribution in [3.8, 4) is 0 Å². The number of aromatic nitrogens is 2. The van der Waals surface area contributed by atoms with Crippen molar-refractivity contribution in [2.45, 2.75) is 17.4 Å². The first kappa shape index (κ1) is 17.9. The number of aliphatic hydroxyl groups excluding tert-OH is 2. The molecule has 0 spiro atoms. The predicted octanol–water partition coefficient (Wildman–Crippen LogP) is -1.11. The van der Waals surface area contributed by atoms with Gasteiger partial charge >= 0.3 is 0 Å². The zero-order valence-corrected chi connectivity index (χ0v) is 15.0. The molecule has 1 aliphatic heterocycles. The van der Waals surface area contributed by atoms with Gasteiger partial charge in [0.1, 0.15) is 15.9 Å². The summed E-state index contributed by atoms with van der Waals surface area (Å²) < 4.78 is 35.7. The first-order valence-electron chi connectivity index (χ1n) is 7.39. The van der Waals surface area contributed by atoms with E-state index < -0.39 is 15.6 Å². The average molecular weight is 386 g/mol. The standard InChI is InChI=1S/C13H18N6O4S2/c1-13(5-20,6-21)19-7-14-12(15-8-19)18-25(22,23)10-4-2-3-9-11(10)17-24-16-9/h2-4,20-21H,5-8H2,1H3,(H2,14,15,18). The van der Waals surface area contributed by atoms with Crippen molar-refractivity contribution in [2.24, 2.45) is 4.99 Å². The topological polar surface area (TPSA) is 140 Å². The van der Waals surface area contributed by atoms with Gasteiger partial charge in [0, 0.05) is 0 Å². The molecule has 0 amide bonds. The van der Waals surface area contributed by atoms with Crippen LogP contribution in [0.5, 0.6) is 0 Å². The van der Waals surface area contributed by atoms with Gasteiger partial charge in [-0.1, -0.05) is 6.07 Å². The fraction of sp³-hybridized carbons (Fsp3) is 0.462.